The minimum Gasteiger partial charge on any atom is -0.455 e. The number of furan rings is 1. The summed E-state index contributed by atoms with van der Waals surface area (Å²) in [6.45, 7) is 0. The fraction of sp³-hybridized carbons (Fsp3) is 0. The number of benzene rings is 7. The number of hydrogen-bond acceptors (Lipinski definition) is 2. The van der Waals surface area contributed by atoms with Crippen LogP contribution in [0.25, 0.3) is 54.6 Å². The Morgan fingerprint density at radius 2 is 1.10 bits per heavy atom. The van der Waals surface area contributed by atoms with Gasteiger partial charge in [-0.25, -0.2) is 0 Å². The first-order valence-corrected chi connectivity index (χ1v) is 13.6. The van der Waals surface area contributed by atoms with Crippen LogP contribution in [0.5, 0.6) is 0 Å². The zero-order valence-electron chi connectivity index (χ0n) is 21.8. The standard InChI is InChI=1S/C38H25NO/c1-2-9-26(10-3-1)28-17-21-31(22-18-28)39(32-23-19-27-11-4-5-13-30(27)25-32)35-15-8-16-36-37(35)34-24-20-29-12-6-7-14-33(29)38(34)40-36/h1-25H. The molecule has 0 N–H and O–H groups in total. The van der Waals surface area contributed by atoms with Crippen LogP contribution in [-0.2, 0) is 0 Å². The highest BCUT2D eigenvalue weighted by Crippen LogP contribution is 2.44. The number of fused-ring (bicyclic) bond motifs is 6. The van der Waals surface area contributed by atoms with Gasteiger partial charge in [0, 0.05) is 22.1 Å². The van der Waals surface area contributed by atoms with E-state index in [9.17, 15) is 0 Å². The van der Waals surface area contributed by atoms with Crippen molar-refractivity contribution in [1.82, 2.24) is 0 Å². The molecule has 7 aromatic carbocycles. The third kappa shape index (κ3) is 3.65. The second kappa shape index (κ2) is 9.14. The van der Waals surface area contributed by atoms with Crippen molar-refractivity contribution < 1.29 is 4.42 Å². The zero-order valence-corrected chi connectivity index (χ0v) is 21.8. The van der Waals surface area contributed by atoms with Crippen molar-refractivity contribution >= 4 is 60.5 Å². The van der Waals surface area contributed by atoms with Crippen LogP contribution in [-0.4, -0.2) is 0 Å². The summed E-state index contributed by atoms with van der Waals surface area (Å²) < 4.78 is 6.55. The van der Waals surface area contributed by atoms with Crippen LogP contribution >= 0.6 is 0 Å². The van der Waals surface area contributed by atoms with E-state index in [4.69, 9.17) is 4.42 Å². The molecular formula is C38H25NO. The molecule has 8 aromatic rings. The van der Waals surface area contributed by atoms with E-state index in [0.29, 0.717) is 0 Å². The first kappa shape index (κ1) is 22.6. The van der Waals surface area contributed by atoms with Gasteiger partial charge in [-0.3, -0.25) is 0 Å². The lowest BCUT2D eigenvalue weighted by Gasteiger charge is -2.27. The van der Waals surface area contributed by atoms with Crippen molar-refractivity contribution in [3.63, 3.8) is 0 Å². The summed E-state index contributed by atoms with van der Waals surface area (Å²) in [6, 6.07) is 53.8. The lowest BCUT2D eigenvalue weighted by molar-refractivity contribution is 0.672. The normalized spacial score (nSPS) is 11.5. The van der Waals surface area contributed by atoms with Gasteiger partial charge < -0.3 is 9.32 Å². The summed E-state index contributed by atoms with van der Waals surface area (Å²) in [5.41, 5.74) is 7.51. The Balaban J connectivity index is 1.38. The summed E-state index contributed by atoms with van der Waals surface area (Å²) in [5, 5.41) is 6.98. The van der Waals surface area contributed by atoms with Crippen LogP contribution < -0.4 is 4.90 Å². The first-order valence-electron chi connectivity index (χ1n) is 13.6. The molecule has 0 fully saturated rings. The summed E-state index contributed by atoms with van der Waals surface area (Å²) in [5.74, 6) is 0. The van der Waals surface area contributed by atoms with Crippen molar-refractivity contribution in [2.45, 2.75) is 0 Å². The highest BCUT2D eigenvalue weighted by molar-refractivity contribution is 6.19. The second-order valence-electron chi connectivity index (χ2n) is 10.2. The van der Waals surface area contributed by atoms with Gasteiger partial charge in [0.1, 0.15) is 11.2 Å². The molecule has 0 aliphatic heterocycles. The lowest BCUT2D eigenvalue weighted by Crippen LogP contribution is -2.10. The van der Waals surface area contributed by atoms with Crippen LogP contribution in [0.4, 0.5) is 17.1 Å². The molecule has 8 rings (SSSR count). The van der Waals surface area contributed by atoms with Gasteiger partial charge in [-0.05, 0) is 69.8 Å². The van der Waals surface area contributed by atoms with E-state index in [1.807, 2.05) is 0 Å². The Labute approximate surface area is 232 Å². The predicted molar refractivity (Wildman–Crippen MR) is 169 cm³/mol. The van der Waals surface area contributed by atoms with Crippen LogP contribution in [0.3, 0.4) is 0 Å². The molecule has 0 unspecified atom stereocenters. The minimum atomic E-state index is 0.885. The van der Waals surface area contributed by atoms with Gasteiger partial charge >= 0.3 is 0 Å². The highest BCUT2D eigenvalue weighted by Gasteiger charge is 2.20. The first-order chi connectivity index (χ1) is 19.8. The van der Waals surface area contributed by atoms with Crippen molar-refractivity contribution in [2.75, 3.05) is 4.90 Å². The summed E-state index contributed by atoms with van der Waals surface area (Å²) in [7, 11) is 0. The average molecular weight is 512 g/mol. The van der Waals surface area contributed by atoms with E-state index in [2.05, 4.69) is 157 Å². The molecule has 0 saturated carbocycles. The van der Waals surface area contributed by atoms with E-state index >= 15 is 0 Å². The van der Waals surface area contributed by atoms with E-state index in [-0.39, 0.29) is 0 Å². The summed E-state index contributed by atoms with van der Waals surface area (Å²) in [4.78, 5) is 2.35. The molecule has 40 heavy (non-hydrogen) atoms. The van der Waals surface area contributed by atoms with Gasteiger partial charge in [-0.15, -0.1) is 0 Å². The molecule has 2 nitrogen and oxygen atoms in total. The largest absolute Gasteiger partial charge is 0.455 e. The Morgan fingerprint density at radius 1 is 0.425 bits per heavy atom. The Kier molecular flexibility index (Phi) is 5.17. The molecule has 0 saturated heterocycles. The maximum Gasteiger partial charge on any atom is 0.143 e. The molecule has 0 aliphatic rings. The van der Waals surface area contributed by atoms with Crippen LogP contribution in [0.2, 0.25) is 0 Å². The van der Waals surface area contributed by atoms with Gasteiger partial charge in [-0.2, -0.15) is 0 Å². The molecule has 0 amide bonds. The van der Waals surface area contributed by atoms with E-state index in [1.54, 1.807) is 0 Å². The number of nitrogens with zero attached hydrogens (tertiary/aromatic N) is 1. The molecule has 0 bridgehead atoms. The minimum absolute atomic E-state index is 0.885. The third-order valence-electron chi connectivity index (χ3n) is 7.83. The van der Waals surface area contributed by atoms with E-state index < -0.39 is 0 Å². The van der Waals surface area contributed by atoms with Gasteiger partial charge in [0.2, 0.25) is 0 Å². The zero-order chi connectivity index (χ0) is 26.5. The smallest absolute Gasteiger partial charge is 0.143 e. The Bertz CT molecular complexity index is 2160. The lowest BCUT2D eigenvalue weighted by atomic mass is 10.0. The molecule has 0 atom stereocenters. The summed E-state index contributed by atoms with van der Waals surface area (Å²) >= 11 is 0. The Morgan fingerprint density at radius 3 is 1.95 bits per heavy atom. The molecule has 1 heterocycles. The molecule has 2 heteroatoms. The average Bonchev–Trinajstić information content (AvgIpc) is 3.42. The molecule has 0 radical (unpaired) electrons. The predicted octanol–water partition coefficient (Wildman–Crippen LogP) is 11.0. The highest BCUT2D eigenvalue weighted by atomic mass is 16.3. The van der Waals surface area contributed by atoms with Gasteiger partial charge in [-0.1, -0.05) is 109 Å². The SMILES string of the molecule is c1ccc(-c2ccc(N(c3ccc4ccccc4c3)c3cccc4oc5c6ccccc6ccc5c34)cc2)cc1. The van der Waals surface area contributed by atoms with Crippen molar-refractivity contribution in [2.24, 2.45) is 0 Å². The number of rotatable bonds is 4. The molecular weight excluding hydrogens is 486 g/mol. The fourth-order valence-electron chi connectivity index (χ4n) is 5.90. The van der Waals surface area contributed by atoms with Gasteiger partial charge in [0.15, 0.2) is 0 Å². The molecule has 1 aromatic heterocycles. The van der Waals surface area contributed by atoms with Crippen molar-refractivity contribution in [3.8, 4) is 11.1 Å². The monoisotopic (exact) mass is 511 g/mol. The van der Waals surface area contributed by atoms with Crippen LogP contribution in [0.15, 0.2) is 156 Å². The third-order valence-corrected chi connectivity index (χ3v) is 7.83. The maximum absolute atomic E-state index is 6.55. The number of hydrogen-bond donors (Lipinski definition) is 0. The second-order valence-corrected chi connectivity index (χ2v) is 10.2. The quantitative estimate of drug-likeness (QED) is 0.234. The van der Waals surface area contributed by atoms with Gasteiger partial charge in [0.05, 0.1) is 11.1 Å². The molecule has 188 valence electrons. The fourth-order valence-corrected chi connectivity index (χ4v) is 5.90. The van der Waals surface area contributed by atoms with Crippen molar-refractivity contribution in [1.29, 1.82) is 0 Å². The molecule has 0 aliphatic carbocycles. The van der Waals surface area contributed by atoms with E-state index in [0.717, 1.165) is 44.4 Å². The van der Waals surface area contributed by atoms with Gasteiger partial charge in [0.25, 0.3) is 0 Å². The number of anilines is 3. The van der Waals surface area contributed by atoms with Crippen LogP contribution in [0.1, 0.15) is 0 Å². The molecule has 0 spiro atoms. The van der Waals surface area contributed by atoms with Crippen LogP contribution in [0, 0.1) is 0 Å². The maximum atomic E-state index is 6.55. The Hall–Kier alpha value is -5.34. The van der Waals surface area contributed by atoms with Crippen molar-refractivity contribution in [3.05, 3.63) is 152 Å². The topological polar surface area (TPSA) is 16.4 Å². The summed E-state index contributed by atoms with van der Waals surface area (Å²) in [6.07, 6.45) is 0. The van der Waals surface area contributed by atoms with E-state index in [1.165, 1.54) is 27.3 Å².